The average molecular weight is 355 g/mol. The van der Waals surface area contributed by atoms with Crippen LogP contribution in [0.1, 0.15) is 16.8 Å². The van der Waals surface area contributed by atoms with E-state index in [9.17, 15) is 4.79 Å². The molecule has 1 aliphatic heterocycles. The van der Waals surface area contributed by atoms with Crippen LogP contribution in [0.2, 0.25) is 5.02 Å². The van der Waals surface area contributed by atoms with Gasteiger partial charge in [0.05, 0.1) is 11.4 Å². The van der Waals surface area contributed by atoms with Crippen molar-refractivity contribution in [2.24, 2.45) is 0 Å². The van der Waals surface area contributed by atoms with Crippen LogP contribution in [0.4, 0.5) is 5.69 Å². The Bertz CT molecular complexity index is 976. The lowest BCUT2D eigenvalue weighted by molar-refractivity contribution is 0.242. The van der Waals surface area contributed by atoms with Crippen molar-refractivity contribution in [3.05, 3.63) is 80.7 Å². The van der Waals surface area contributed by atoms with E-state index in [1.807, 2.05) is 36.4 Å². The lowest BCUT2D eigenvalue weighted by Gasteiger charge is -2.26. The highest BCUT2D eigenvalue weighted by Crippen LogP contribution is 2.20. The maximum Gasteiger partial charge on any atom is 0.274 e. The maximum atomic E-state index is 12.7. The van der Waals surface area contributed by atoms with Crippen molar-refractivity contribution in [1.29, 1.82) is 0 Å². The second-order valence-electron chi connectivity index (χ2n) is 6.40. The zero-order chi connectivity index (χ0) is 17.4. The average Bonchev–Trinajstić information content (AvgIpc) is 2.91. The van der Waals surface area contributed by atoms with E-state index in [1.54, 1.807) is 10.7 Å². The van der Waals surface area contributed by atoms with Crippen molar-refractivity contribution in [3.63, 3.8) is 0 Å². The summed E-state index contributed by atoms with van der Waals surface area (Å²) < 4.78 is 1.59. The monoisotopic (exact) mass is 354 g/mol. The van der Waals surface area contributed by atoms with Gasteiger partial charge in [-0.3, -0.25) is 14.8 Å². The summed E-state index contributed by atoms with van der Waals surface area (Å²) in [7, 11) is 0. The van der Waals surface area contributed by atoms with Gasteiger partial charge in [0.15, 0.2) is 0 Å². The second-order valence-corrected chi connectivity index (χ2v) is 6.83. The van der Waals surface area contributed by atoms with Crippen LogP contribution in [0.3, 0.4) is 0 Å². The maximum absolute atomic E-state index is 12.7. The Hall–Kier alpha value is -2.50. The van der Waals surface area contributed by atoms with Crippen molar-refractivity contribution < 1.29 is 0 Å². The van der Waals surface area contributed by atoms with Gasteiger partial charge in [-0.1, -0.05) is 29.8 Å². The molecule has 0 spiro atoms. The van der Waals surface area contributed by atoms with Crippen molar-refractivity contribution in [2.75, 3.05) is 12.3 Å². The van der Waals surface area contributed by atoms with Gasteiger partial charge in [-0.15, -0.1) is 0 Å². The molecule has 3 N–H and O–H groups in total. The number of benzene rings is 2. The zero-order valence-corrected chi connectivity index (χ0v) is 14.5. The molecular weight excluding hydrogens is 336 g/mol. The molecule has 25 heavy (non-hydrogen) atoms. The molecule has 3 aromatic rings. The van der Waals surface area contributed by atoms with Gasteiger partial charge in [0.25, 0.3) is 5.56 Å². The van der Waals surface area contributed by atoms with E-state index in [2.05, 4.69) is 16.1 Å². The standard InChI is InChI=1S/C19H19ClN4O/c20-14-4-1-3-13(9-14)11-23-8-7-17-18(12-23)22-24(19(17)25)16-6-2-5-15(21)10-16/h1-6,9-10,22H,7-8,11-12,21H2. The summed E-state index contributed by atoms with van der Waals surface area (Å²) >= 11 is 6.07. The third kappa shape index (κ3) is 3.21. The minimum atomic E-state index is 0.0167. The number of aromatic nitrogens is 2. The van der Waals surface area contributed by atoms with Crippen LogP contribution in [0.25, 0.3) is 5.69 Å². The smallest absolute Gasteiger partial charge is 0.274 e. The molecule has 0 atom stereocenters. The van der Waals surface area contributed by atoms with E-state index in [0.29, 0.717) is 12.2 Å². The highest BCUT2D eigenvalue weighted by atomic mass is 35.5. The zero-order valence-electron chi connectivity index (χ0n) is 13.7. The summed E-state index contributed by atoms with van der Waals surface area (Å²) in [4.78, 5) is 15.0. The Morgan fingerprint density at radius 3 is 2.80 bits per heavy atom. The van der Waals surface area contributed by atoms with Crippen LogP contribution in [0, 0.1) is 0 Å². The van der Waals surface area contributed by atoms with Crippen molar-refractivity contribution in [2.45, 2.75) is 19.5 Å². The molecule has 0 bridgehead atoms. The molecule has 2 aromatic carbocycles. The molecule has 5 nitrogen and oxygen atoms in total. The van der Waals surface area contributed by atoms with Crippen molar-refractivity contribution >= 4 is 17.3 Å². The minimum Gasteiger partial charge on any atom is -0.399 e. The Morgan fingerprint density at radius 2 is 2.00 bits per heavy atom. The number of anilines is 1. The topological polar surface area (TPSA) is 67.0 Å². The lowest BCUT2D eigenvalue weighted by Crippen LogP contribution is -2.31. The number of halogens is 1. The van der Waals surface area contributed by atoms with Crippen molar-refractivity contribution in [1.82, 2.24) is 14.7 Å². The van der Waals surface area contributed by atoms with Gasteiger partial charge in [-0.05, 0) is 42.3 Å². The number of aromatic amines is 1. The molecule has 1 aliphatic rings. The molecule has 0 fully saturated rings. The van der Waals surface area contributed by atoms with Gasteiger partial charge >= 0.3 is 0 Å². The van der Waals surface area contributed by atoms with Gasteiger partial charge in [-0.25, -0.2) is 4.68 Å². The van der Waals surface area contributed by atoms with Crippen LogP contribution in [0.5, 0.6) is 0 Å². The van der Waals surface area contributed by atoms with Gasteiger partial charge < -0.3 is 5.73 Å². The normalized spacial score (nSPS) is 14.4. The summed E-state index contributed by atoms with van der Waals surface area (Å²) in [6, 6.07) is 15.2. The molecule has 0 radical (unpaired) electrons. The van der Waals surface area contributed by atoms with E-state index >= 15 is 0 Å². The number of fused-ring (bicyclic) bond motifs is 1. The highest BCUT2D eigenvalue weighted by molar-refractivity contribution is 6.30. The molecule has 4 rings (SSSR count). The van der Waals surface area contributed by atoms with E-state index in [-0.39, 0.29) is 5.56 Å². The molecule has 0 unspecified atom stereocenters. The number of rotatable bonds is 3. The van der Waals surface area contributed by atoms with E-state index in [1.165, 1.54) is 5.56 Å². The molecule has 0 saturated carbocycles. The van der Waals surface area contributed by atoms with E-state index in [0.717, 1.165) is 41.5 Å². The van der Waals surface area contributed by atoms with Crippen LogP contribution < -0.4 is 11.3 Å². The molecule has 2 heterocycles. The molecule has 0 amide bonds. The number of nitrogens with two attached hydrogens (primary N) is 1. The number of nitrogen functional groups attached to an aromatic ring is 1. The third-order valence-electron chi connectivity index (χ3n) is 4.56. The Balaban J connectivity index is 1.59. The lowest BCUT2D eigenvalue weighted by atomic mass is 10.1. The van der Waals surface area contributed by atoms with Crippen LogP contribution in [-0.2, 0) is 19.5 Å². The number of nitrogens with one attached hydrogen (secondary N) is 1. The predicted molar refractivity (Wildman–Crippen MR) is 100 cm³/mol. The van der Waals surface area contributed by atoms with Gasteiger partial charge in [0.2, 0.25) is 0 Å². The summed E-state index contributed by atoms with van der Waals surface area (Å²) in [6.07, 6.45) is 0.737. The van der Waals surface area contributed by atoms with Crippen LogP contribution in [-0.4, -0.2) is 21.2 Å². The summed E-state index contributed by atoms with van der Waals surface area (Å²) in [5.41, 5.74) is 10.3. The Labute approximate surface area is 150 Å². The molecular formula is C19H19ClN4O. The molecule has 128 valence electrons. The summed E-state index contributed by atoms with van der Waals surface area (Å²) in [6.45, 7) is 2.38. The fourth-order valence-electron chi connectivity index (χ4n) is 3.35. The Kier molecular flexibility index (Phi) is 4.11. The fourth-order valence-corrected chi connectivity index (χ4v) is 3.57. The first-order chi connectivity index (χ1) is 12.1. The molecule has 6 heteroatoms. The van der Waals surface area contributed by atoms with Gasteiger partial charge in [0.1, 0.15) is 0 Å². The number of hydrogen-bond donors (Lipinski definition) is 2. The first kappa shape index (κ1) is 16.0. The molecule has 0 saturated heterocycles. The third-order valence-corrected chi connectivity index (χ3v) is 4.79. The molecule has 1 aromatic heterocycles. The number of hydrogen-bond acceptors (Lipinski definition) is 3. The highest BCUT2D eigenvalue weighted by Gasteiger charge is 2.23. The van der Waals surface area contributed by atoms with Crippen LogP contribution in [0.15, 0.2) is 53.3 Å². The number of nitrogens with zero attached hydrogens (tertiary/aromatic N) is 2. The van der Waals surface area contributed by atoms with E-state index < -0.39 is 0 Å². The summed E-state index contributed by atoms with van der Waals surface area (Å²) in [5, 5.41) is 4.00. The second kappa shape index (κ2) is 6.43. The SMILES string of the molecule is Nc1cccc(-n2[nH]c3c(c2=O)CCN(Cc2cccc(Cl)c2)C3)c1. The van der Waals surface area contributed by atoms with Crippen LogP contribution >= 0.6 is 11.6 Å². The van der Waals surface area contributed by atoms with Gasteiger partial charge in [0, 0.05) is 35.9 Å². The summed E-state index contributed by atoms with van der Waals surface area (Å²) in [5.74, 6) is 0. The quantitative estimate of drug-likeness (QED) is 0.710. The minimum absolute atomic E-state index is 0.0167. The first-order valence-corrected chi connectivity index (χ1v) is 8.63. The largest absolute Gasteiger partial charge is 0.399 e. The number of H-pyrrole nitrogens is 1. The molecule has 0 aliphatic carbocycles. The van der Waals surface area contributed by atoms with Gasteiger partial charge in [-0.2, -0.15) is 0 Å². The van der Waals surface area contributed by atoms with E-state index in [4.69, 9.17) is 17.3 Å². The first-order valence-electron chi connectivity index (χ1n) is 8.25. The predicted octanol–water partition coefficient (Wildman–Crippen LogP) is 2.96. The Morgan fingerprint density at radius 1 is 1.16 bits per heavy atom. The van der Waals surface area contributed by atoms with Crippen molar-refractivity contribution in [3.8, 4) is 5.69 Å². The fraction of sp³-hybridized carbons (Fsp3) is 0.211.